The van der Waals surface area contributed by atoms with E-state index in [-0.39, 0.29) is 0 Å². The number of nitrogens with one attached hydrogen (secondary N) is 1. The first-order valence-corrected chi connectivity index (χ1v) is 9.60. The van der Waals surface area contributed by atoms with Crippen LogP contribution in [-0.4, -0.2) is 39.8 Å². The molecule has 30 heavy (non-hydrogen) atoms. The van der Waals surface area contributed by atoms with Gasteiger partial charge in [-0.05, 0) is 35.8 Å². The summed E-state index contributed by atoms with van der Waals surface area (Å²) >= 11 is 0. The summed E-state index contributed by atoms with van der Waals surface area (Å²) in [5.74, 6) is 1.34. The molecule has 0 unspecified atom stereocenters. The van der Waals surface area contributed by atoms with Gasteiger partial charge < -0.3 is 9.47 Å². The summed E-state index contributed by atoms with van der Waals surface area (Å²) in [5.41, 5.74) is 7.92. The van der Waals surface area contributed by atoms with E-state index in [0.717, 1.165) is 50.5 Å². The number of benzene rings is 2. The predicted octanol–water partition coefficient (Wildman–Crippen LogP) is 4.37. The Bertz CT molecular complexity index is 1160. The number of hydrogen-bond acceptors (Lipinski definition) is 6. The fourth-order valence-corrected chi connectivity index (χ4v) is 3.77. The Morgan fingerprint density at radius 2 is 1.57 bits per heavy atom. The number of rotatable bonds is 6. The maximum atomic E-state index is 5.71. The number of hydrogen-bond donors (Lipinski definition) is 1. The number of H-pyrrole nitrogens is 1. The lowest BCUT2D eigenvalue weighted by atomic mass is 9.94. The molecule has 7 heteroatoms. The number of aryl methyl sites for hydroxylation is 2. The molecule has 0 amide bonds. The van der Waals surface area contributed by atoms with E-state index in [1.165, 1.54) is 0 Å². The molecule has 4 aromatic rings. The molecule has 4 rings (SSSR count). The third-order valence-electron chi connectivity index (χ3n) is 5.12. The number of pyridine rings is 1. The lowest BCUT2D eigenvalue weighted by Crippen LogP contribution is -2.04. The van der Waals surface area contributed by atoms with Gasteiger partial charge in [0, 0.05) is 29.5 Å². The Kier molecular flexibility index (Phi) is 5.54. The van der Waals surface area contributed by atoms with Crippen LogP contribution in [0, 0.1) is 13.8 Å². The van der Waals surface area contributed by atoms with Crippen LogP contribution >= 0.6 is 0 Å². The second kappa shape index (κ2) is 8.42. The molecule has 2 aromatic carbocycles. The Balaban J connectivity index is 1.82. The molecule has 0 atom stereocenters. The standard InChI is InChI=1S/C23H23N5O2/c1-14-20(13-29-3)21(22(30-4)15(2)24-14)17-11-9-16(10-12-17)18-7-5-6-8-19(18)23-25-27-28-26-23/h5-12H,13H2,1-4H3,(H,25,26,27,28). The van der Waals surface area contributed by atoms with E-state index in [9.17, 15) is 0 Å². The quantitative estimate of drug-likeness (QED) is 0.516. The van der Waals surface area contributed by atoms with Crippen LogP contribution in [0.15, 0.2) is 48.5 Å². The zero-order valence-electron chi connectivity index (χ0n) is 17.4. The summed E-state index contributed by atoms with van der Waals surface area (Å²) in [5, 5.41) is 14.5. The van der Waals surface area contributed by atoms with Crippen LogP contribution in [0.1, 0.15) is 17.0 Å². The molecule has 0 saturated carbocycles. The SMILES string of the molecule is COCc1c(C)nc(C)c(OC)c1-c1ccc(-c2ccccc2-c2nn[nH]n2)cc1. The molecule has 1 N–H and O–H groups in total. The van der Waals surface area contributed by atoms with Crippen molar-refractivity contribution in [2.75, 3.05) is 14.2 Å². The van der Waals surface area contributed by atoms with E-state index in [1.54, 1.807) is 14.2 Å². The van der Waals surface area contributed by atoms with Gasteiger partial charge in [0.1, 0.15) is 5.75 Å². The molecule has 0 saturated heterocycles. The molecule has 152 valence electrons. The Morgan fingerprint density at radius 3 is 2.20 bits per heavy atom. The summed E-state index contributed by atoms with van der Waals surface area (Å²) in [7, 11) is 3.36. The van der Waals surface area contributed by atoms with Gasteiger partial charge in [0.25, 0.3) is 0 Å². The fourth-order valence-electron chi connectivity index (χ4n) is 3.77. The van der Waals surface area contributed by atoms with E-state index in [0.29, 0.717) is 12.4 Å². The van der Waals surface area contributed by atoms with Crippen molar-refractivity contribution in [3.05, 3.63) is 65.5 Å². The highest BCUT2D eigenvalue weighted by atomic mass is 16.5. The van der Waals surface area contributed by atoms with Gasteiger partial charge in [0.15, 0.2) is 0 Å². The predicted molar refractivity (Wildman–Crippen MR) is 115 cm³/mol. The first kappa shape index (κ1) is 19.7. The second-order valence-corrected chi connectivity index (χ2v) is 6.96. The maximum Gasteiger partial charge on any atom is 0.205 e. The van der Waals surface area contributed by atoms with Crippen LogP contribution in [0.3, 0.4) is 0 Å². The highest BCUT2D eigenvalue weighted by Gasteiger charge is 2.19. The lowest BCUT2D eigenvalue weighted by Gasteiger charge is -2.18. The molecule has 0 spiro atoms. The van der Waals surface area contributed by atoms with E-state index >= 15 is 0 Å². The highest BCUT2D eigenvalue weighted by Crippen LogP contribution is 2.38. The van der Waals surface area contributed by atoms with Gasteiger partial charge in [-0.1, -0.05) is 48.5 Å². The van der Waals surface area contributed by atoms with Gasteiger partial charge in [0.2, 0.25) is 5.82 Å². The maximum absolute atomic E-state index is 5.71. The summed E-state index contributed by atoms with van der Waals surface area (Å²) in [4.78, 5) is 4.63. The normalized spacial score (nSPS) is 10.9. The van der Waals surface area contributed by atoms with Crippen molar-refractivity contribution >= 4 is 0 Å². The molecule has 0 fully saturated rings. The van der Waals surface area contributed by atoms with Crippen LogP contribution < -0.4 is 4.74 Å². The van der Waals surface area contributed by atoms with E-state index in [4.69, 9.17) is 9.47 Å². The number of aromatic nitrogens is 5. The van der Waals surface area contributed by atoms with Crippen molar-refractivity contribution in [2.45, 2.75) is 20.5 Å². The van der Waals surface area contributed by atoms with Gasteiger partial charge in [-0.15, -0.1) is 10.2 Å². The van der Waals surface area contributed by atoms with Crippen molar-refractivity contribution in [3.63, 3.8) is 0 Å². The highest BCUT2D eigenvalue weighted by molar-refractivity contribution is 5.83. The van der Waals surface area contributed by atoms with Crippen LogP contribution in [-0.2, 0) is 11.3 Å². The second-order valence-electron chi connectivity index (χ2n) is 6.96. The minimum atomic E-state index is 0.465. The average molecular weight is 401 g/mol. The van der Waals surface area contributed by atoms with Crippen LogP contribution in [0.25, 0.3) is 33.6 Å². The first-order valence-electron chi connectivity index (χ1n) is 9.60. The van der Waals surface area contributed by atoms with Crippen molar-refractivity contribution < 1.29 is 9.47 Å². The van der Waals surface area contributed by atoms with Gasteiger partial charge in [-0.3, -0.25) is 4.98 Å². The number of ether oxygens (including phenoxy) is 2. The third-order valence-corrected chi connectivity index (χ3v) is 5.12. The number of nitrogens with zero attached hydrogens (tertiary/aromatic N) is 4. The smallest absolute Gasteiger partial charge is 0.205 e. The molecule has 2 heterocycles. The molecule has 0 aliphatic carbocycles. The van der Waals surface area contributed by atoms with Crippen LogP contribution in [0.4, 0.5) is 0 Å². The van der Waals surface area contributed by atoms with E-state index in [2.05, 4.69) is 55.9 Å². The average Bonchev–Trinajstić information content (AvgIpc) is 3.30. The number of tetrazole rings is 1. The molecule has 0 aliphatic rings. The lowest BCUT2D eigenvalue weighted by molar-refractivity contribution is 0.184. The Hall–Kier alpha value is -3.58. The number of methoxy groups -OCH3 is 2. The molecular formula is C23H23N5O2. The van der Waals surface area contributed by atoms with Crippen molar-refractivity contribution in [1.82, 2.24) is 25.6 Å². The minimum absolute atomic E-state index is 0.465. The summed E-state index contributed by atoms with van der Waals surface area (Å²) in [6.07, 6.45) is 0. The molecule has 7 nitrogen and oxygen atoms in total. The summed E-state index contributed by atoms with van der Waals surface area (Å²) < 4.78 is 11.2. The van der Waals surface area contributed by atoms with Crippen LogP contribution in [0.5, 0.6) is 5.75 Å². The van der Waals surface area contributed by atoms with Gasteiger partial charge in [-0.25, -0.2) is 0 Å². The monoisotopic (exact) mass is 401 g/mol. The molecule has 0 bridgehead atoms. The first-order chi connectivity index (χ1) is 14.6. The zero-order chi connectivity index (χ0) is 21.1. The molecule has 0 aliphatic heterocycles. The molecule has 2 aromatic heterocycles. The van der Waals surface area contributed by atoms with E-state index < -0.39 is 0 Å². The van der Waals surface area contributed by atoms with Crippen LogP contribution in [0.2, 0.25) is 0 Å². The van der Waals surface area contributed by atoms with Gasteiger partial charge in [-0.2, -0.15) is 5.21 Å². The largest absolute Gasteiger partial charge is 0.494 e. The van der Waals surface area contributed by atoms with Gasteiger partial charge in [0.05, 0.1) is 19.4 Å². The summed E-state index contributed by atoms with van der Waals surface area (Å²) in [6, 6.07) is 16.4. The third kappa shape index (κ3) is 3.55. The summed E-state index contributed by atoms with van der Waals surface area (Å²) in [6.45, 7) is 4.43. The molecular weight excluding hydrogens is 378 g/mol. The zero-order valence-corrected chi connectivity index (χ0v) is 17.4. The van der Waals surface area contributed by atoms with Gasteiger partial charge >= 0.3 is 0 Å². The topological polar surface area (TPSA) is 85.8 Å². The van der Waals surface area contributed by atoms with Crippen molar-refractivity contribution in [1.29, 1.82) is 0 Å². The van der Waals surface area contributed by atoms with E-state index in [1.807, 2.05) is 32.0 Å². The number of aromatic amines is 1. The Labute approximate surface area is 175 Å². The Morgan fingerprint density at radius 1 is 0.867 bits per heavy atom. The minimum Gasteiger partial charge on any atom is -0.494 e. The molecule has 0 radical (unpaired) electrons. The fraction of sp³-hybridized carbons (Fsp3) is 0.217. The van der Waals surface area contributed by atoms with Crippen molar-refractivity contribution in [3.8, 4) is 39.4 Å². The van der Waals surface area contributed by atoms with Crippen molar-refractivity contribution in [2.24, 2.45) is 0 Å².